The second-order valence-electron chi connectivity index (χ2n) is 4.00. The Balaban J connectivity index is 2.28. The number of rotatable bonds is 0. The van der Waals surface area contributed by atoms with E-state index >= 15 is 0 Å². The molecule has 0 radical (unpaired) electrons. The van der Waals surface area contributed by atoms with E-state index in [4.69, 9.17) is 0 Å². The Kier molecular flexibility index (Phi) is 1.26. The standard InChI is InChI=1S/C12H12O/c1-7-3-2-4-8-9-5-6-10(11(7)8)12(9)13/h2-6,9-10,12-13H,1H3. The molecule has 1 heteroatoms. The van der Waals surface area contributed by atoms with Crippen molar-refractivity contribution >= 4 is 0 Å². The lowest BCUT2D eigenvalue weighted by Gasteiger charge is -2.11. The van der Waals surface area contributed by atoms with Crippen LogP contribution in [0, 0.1) is 6.92 Å². The van der Waals surface area contributed by atoms with Gasteiger partial charge in [-0.15, -0.1) is 0 Å². The predicted octanol–water partition coefficient (Wildman–Crippen LogP) is 2.11. The van der Waals surface area contributed by atoms with Crippen molar-refractivity contribution in [2.45, 2.75) is 24.9 Å². The van der Waals surface area contributed by atoms with E-state index in [-0.39, 0.29) is 17.9 Å². The van der Waals surface area contributed by atoms with Crippen LogP contribution in [0.25, 0.3) is 0 Å². The topological polar surface area (TPSA) is 20.2 Å². The molecule has 0 saturated carbocycles. The van der Waals surface area contributed by atoms with Crippen molar-refractivity contribution in [3.63, 3.8) is 0 Å². The molecule has 2 aliphatic carbocycles. The number of aliphatic hydroxyl groups is 1. The number of aryl methyl sites for hydroxylation is 1. The van der Waals surface area contributed by atoms with Gasteiger partial charge in [-0.3, -0.25) is 0 Å². The summed E-state index contributed by atoms with van der Waals surface area (Å²) in [6, 6.07) is 6.34. The molecule has 3 unspecified atom stereocenters. The Morgan fingerprint density at radius 2 is 1.92 bits per heavy atom. The summed E-state index contributed by atoms with van der Waals surface area (Å²) < 4.78 is 0. The number of hydrogen-bond acceptors (Lipinski definition) is 1. The van der Waals surface area contributed by atoms with Gasteiger partial charge in [-0.2, -0.15) is 0 Å². The minimum Gasteiger partial charge on any atom is -0.391 e. The smallest absolute Gasteiger partial charge is 0.0746 e. The summed E-state index contributed by atoms with van der Waals surface area (Å²) in [6.45, 7) is 2.13. The van der Waals surface area contributed by atoms with Crippen LogP contribution in [-0.2, 0) is 0 Å². The van der Waals surface area contributed by atoms with E-state index in [2.05, 4.69) is 37.3 Å². The van der Waals surface area contributed by atoms with Crippen LogP contribution in [-0.4, -0.2) is 11.2 Å². The fourth-order valence-corrected chi connectivity index (χ4v) is 2.69. The monoisotopic (exact) mass is 172 g/mol. The first-order chi connectivity index (χ1) is 6.29. The molecule has 1 aromatic rings. The van der Waals surface area contributed by atoms with E-state index in [9.17, 15) is 5.11 Å². The van der Waals surface area contributed by atoms with Gasteiger partial charge in [0.1, 0.15) is 0 Å². The van der Waals surface area contributed by atoms with Crippen molar-refractivity contribution in [1.82, 2.24) is 0 Å². The highest BCUT2D eigenvalue weighted by Crippen LogP contribution is 2.49. The zero-order valence-corrected chi connectivity index (χ0v) is 7.57. The average Bonchev–Trinajstić information content (AvgIpc) is 2.61. The molecule has 1 N–H and O–H groups in total. The van der Waals surface area contributed by atoms with Crippen LogP contribution in [0.1, 0.15) is 28.5 Å². The zero-order valence-electron chi connectivity index (χ0n) is 7.57. The summed E-state index contributed by atoms with van der Waals surface area (Å²) in [5.41, 5.74) is 4.01. The molecular weight excluding hydrogens is 160 g/mol. The van der Waals surface area contributed by atoms with Crippen LogP contribution in [0.5, 0.6) is 0 Å². The summed E-state index contributed by atoms with van der Waals surface area (Å²) in [5, 5.41) is 9.91. The molecule has 0 heterocycles. The number of benzene rings is 1. The van der Waals surface area contributed by atoms with Gasteiger partial charge < -0.3 is 5.11 Å². The molecule has 2 bridgehead atoms. The maximum Gasteiger partial charge on any atom is 0.0746 e. The van der Waals surface area contributed by atoms with Crippen LogP contribution >= 0.6 is 0 Å². The third-order valence-electron chi connectivity index (χ3n) is 3.31. The fourth-order valence-electron chi connectivity index (χ4n) is 2.69. The van der Waals surface area contributed by atoms with Gasteiger partial charge in [0.2, 0.25) is 0 Å². The molecule has 1 nitrogen and oxygen atoms in total. The molecule has 3 atom stereocenters. The van der Waals surface area contributed by atoms with Crippen molar-refractivity contribution in [3.05, 3.63) is 47.0 Å². The molecular formula is C12H12O. The van der Waals surface area contributed by atoms with E-state index < -0.39 is 0 Å². The van der Waals surface area contributed by atoms with Crippen LogP contribution in [0.4, 0.5) is 0 Å². The first-order valence-electron chi connectivity index (χ1n) is 4.75. The van der Waals surface area contributed by atoms with Crippen LogP contribution in [0.3, 0.4) is 0 Å². The first-order valence-corrected chi connectivity index (χ1v) is 4.75. The summed E-state index contributed by atoms with van der Waals surface area (Å²) in [7, 11) is 0. The fraction of sp³-hybridized carbons (Fsp3) is 0.333. The highest BCUT2D eigenvalue weighted by molar-refractivity contribution is 5.53. The zero-order chi connectivity index (χ0) is 9.00. The quantitative estimate of drug-likeness (QED) is 0.594. The maximum atomic E-state index is 9.91. The number of hydrogen-bond donors (Lipinski definition) is 1. The first kappa shape index (κ1) is 7.34. The number of fused-ring (bicyclic) bond motifs is 5. The van der Waals surface area contributed by atoms with Crippen LogP contribution < -0.4 is 0 Å². The van der Waals surface area contributed by atoms with Gasteiger partial charge in [-0.05, 0) is 23.6 Å². The molecule has 0 spiro atoms. The van der Waals surface area contributed by atoms with Crippen molar-refractivity contribution in [1.29, 1.82) is 0 Å². The van der Waals surface area contributed by atoms with Crippen molar-refractivity contribution < 1.29 is 5.11 Å². The minimum absolute atomic E-state index is 0.198. The molecule has 0 fully saturated rings. The van der Waals surface area contributed by atoms with Gasteiger partial charge in [-0.25, -0.2) is 0 Å². The Bertz CT molecular complexity index is 392. The van der Waals surface area contributed by atoms with Gasteiger partial charge in [0.25, 0.3) is 0 Å². The molecule has 1 aromatic carbocycles. The van der Waals surface area contributed by atoms with Gasteiger partial charge in [0, 0.05) is 11.8 Å². The Morgan fingerprint density at radius 3 is 2.69 bits per heavy atom. The largest absolute Gasteiger partial charge is 0.391 e. The third-order valence-corrected chi connectivity index (χ3v) is 3.31. The predicted molar refractivity (Wildman–Crippen MR) is 51.8 cm³/mol. The lowest BCUT2D eigenvalue weighted by Crippen LogP contribution is -2.09. The second kappa shape index (κ2) is 2.24. The molecule has 66 valence electrons. The SMILES string of the molecule is Cc1cccc2c1C1C=CC2C1O. The highest BCUT2D eigenvalue weighted by atomic mass is 16.3. The lowest BCUT2D eigenvalue weighted by atomic mass is 9.93. The van der Waals surface area contributed by atoms with Gasteiger partial charge in [-0.1, -0.05) is 30.4 Å². The molecule has 0 aromatic heterocycles. The Labute approximate surface area is 77.7 Å². The molecule has 0 aliphatic heterocycles. The van der Waals surface area contributed by atoms with E-state index in [0.717, 1.165) is 0 Å². The van der Waals surface area contributed by atoms with E-state index in [1.54, 1.807) is 0 Å². The van der Waals surface area contributed by atoms with Crippen molar-refractivity contribution in [3.8, 4) is 0 Å². The maximum absolute atomic E-state index is 9.91. The second-order valence-corrected chi connectivity index (χ2v) is 4.00. The summed E-state index contributed by atoms with van der Waals surface area (Å²) in [4.78, 5) is 0. The molecule has 3 rings (SSSR count). The minimum atomic E-state index is -0.198. The molecule has 0 saturated heterocycles. The summed E-state index contributed by atoms with van der Waals surface area (Å²) in [5.74, 6) is 0.529. The Morgan fingerprint density at radius 1 is 1.15 bits per heavy atom. The molecule has 2 aliphatic rings. The van der Waals surface area contributed by atoms with E-state index in [1.807, 2.05) is 0 Å². The van der Waals surface area contributed by atoms with Crippen LogP contribution in [0.2, 0.25) is 0 Å². The van der Waals surface area contributed by atoms with Gasteiger partial charge in [0.15, 0.2) is 0 Å². The summed E-state index contributed by atoms with van der Waals surface area (Å²) >= 11 is 0. The van der Waals surface area contributed by atoms with Gasteiger partial charge >= 0.3 is 0 Å². The van der Waals surface area contributed by atoms with E-state index in [0.29, 0.717) is 0 Å². The van der Waals surface area contributed by atoms with Crippen molar-refractivity contribution in [2.24, 2.45) is 0 Å². The van der Waals surface area contributed by atoms with Gasteiger partial charge in [0.05, 0.1) is 6.10 Å². The number of aliphatic hydroxyl groups excluding tert-OH is 1. The van der Waals surface area contributed by atoms with Crippen LogP contribution in [0.15, 0.2) is 30.4 Å². The summed E-state index contributed by atoms with van der Waals surface area (Å²) in [6.07, 6.45) is 4.08. The Hall–Kier alpha value is -1.08. The molecule has 13 heavy (non-hydrogen) atoms. The lowest BCUT2D eigenvalue weighted by molar-refractivity contribution is 0.167. The third kappa shape index (κ3) is 0.755. The molecule has 0 amide bonds. The highest BCUT2D eigenvalue weighted by Gasteiger charge is 2.41. The average molecular weight is 172 g/mol. The van der Waals surface area contributed by atoms with Crippen molar-refractivity contribution in [2.75, 3.05) is 0 Å². The van der Waals surface area contributed by atoms with E-state index in [1.165, 1.54) is 16.7 Å². The normalized spacial score (nSPS) is 33.8.